The molecule has 66 valence electrons. The molecule has 2 N–H and O–H groups in total. The number of sulfonamides is 1. The maximum atomic E-state index is 11.1. The van der Waals surface area contributed by atoms with Crippen molar-refractivity contribution in [1.29, 1.82) is 0 Å². The highest BCUT2D eigenvalue weighted by Gasteiger charge is 2.21. The highest BCUT2D eigenvalue weighted by molar-refractivity contribution is 7.89. The van der Waals surface area contributed by atoms with Crippen LogP contribution in [0, 0.1) is 0 Å². The number of rotatable bonds is 4. The zero-order chi connectivity index (χ0) is 8.32. The number of hydrogen-bond donors (Lipinski definition) is 2. The van der Waals surface area contributed by atoms with Crippen molar-refractivity contribution in [3.8, 4) is 0 Å². The summed E-state index contributed by atoms with van der Waals surface area (Å²) < 4.78 is 24.8. The Kier molecular flexibility index (Phi) is 2.86. The van der Waals surface area contributed by atoms with Gasteiger partial charge in [-0.05, 0) is 6.42 Å². The summed E-state index contributed by atoms with van der Waals surface area (Å²) in [5, 5.41) is 3.00. The van der Waals surface area contributed by atoms with Gasteiger partial charge in [0.15, 0.2) is 0 Å². The van der Waals surface area contributed by atoms with E-state index in [1.54, 1.807) is 0 Å². The van der Waals surface area contributed by atoms with Gasteiger partial charge in [0.1, 0.15) is 0 Å². The van der Waals surface area contributed by atoms with E-state index in [1.807, 2.05) is 6.92 Å². The van der Waals surface area contributed by atoms with Crippen LogP contribution in [0.15, 0.2) is 0 Å². The summed E-state index contributed by atoms with van der Waals surface area (Å²) in [6, 6.07) is 0.131. The van der Waals surface area contributed by atoms with Crippen LogP contribution in [0.25, 0.3) is 0 Å². The predicted octanol–water partition coefficient (Wildman–Crippen LogP) is -0.712. The van der Waals surface area contributed by atoms with Crippen LogP contribution in [0.2, 0.25) is 0 Å². The van der Waals surface area contributed by atoms with Crippen molar-refractivity contribution in [3.63, 3.8) is 0 Å². The maximum absolute atomic E-state index is 11.1. The van der Waals surface area contributed by atoms with Gasteiger partial charge in [0, 0.05) is 19.1 Å². The van der Waals surface area contributed by atoms with Crippen molar-refractivity contribution in [2.45, 2.75) is 19.4 Å². The van der Waals surface area contributed by atoms with Gasteiger partial charge in [-0.2, -0.15) is 0 Å². The Labute approximate surface area is 67.4 Å². The Balaban J connectivity index is 2.33. The SMILES string of the molecule is CCCS(=O)(=O)NC1CNC1. The molecule has 4 nitrogen and oxygen atoms in total. The third-order valence-corrected chi connectivity index (χ3v) is 3.24. The Hall–Kier alpha value is -0.130. The monoisotopic (exact) mass is 178 g/mol. The third-order valence-electron chi connectivity index (χ3n) is 1.60. The second-order valence-corrected chi connectivity index (χ2v) is 4.67. The second-order valence-electron chi connectivity index (χ2n) is 2.79. The molecule has 11 heavy (non-hydrogen) atoms. The van der Waals surface area contributed by atoms with Crippen LogP contribution in [-0.2, 0) is 10.0 Å². The van der Waals surface area contributed by atoms with E-state index in [2.05, 4.69) is 10.0 Å². The normalized spacial score (nSPS) is 19.7. The zero-order valence-corrected chi connectivity index (χ0v) is 7.45. The largest absolute Gasteiger partial charge is 0.313 e. The molecule has 1 aliphatic heterocycles. The topological polar surface area (TPSA) is 58.2 Å². The van der Waals surface area contributed by atoms with E-state index in [4.69, 9.17) is 0 Å². The lowest BCUT2D eigenvalue weighted by Gasteiger charge is -2.27. The van der Waals surface area contributed by atoms with E-state index in [9.17, 15) is 8.42 Å². The van der Waals surface area contributed by atoms with Crippen LogP contribution in [0.1, 0.15) is 13.3 Å². The fourth-order valence-electron chi connectivity index (χ4n) is 0.954. The van der Waals surface area contributed by atoms with E-state index in [0.717, 1.165) is 13.1 Å². The summed E-state index contributed by atoms with van der Waals surface area (Å²) in [7, 11) is -2.98. The Bertz CT molecular complexity index is 209. The minimum atomic E-state index is -2.98. The van der Waals surface area contributed by atoms with Crippen molar-refractivity contribution < 1.29 is 8.42 Å². The highest BCUT2D eigenvalue weighted by Crippen LogP contribution is 1.96. The molecule has 1 fully saturated rings. The summed E-state index contributed by atoms with van der Waals surface area (Å²) >= 11 is 0. The van der Waals surface area contributed by atoms with Crippen molar-refractivity contribution in [3.05, 3.63) is 0 Å². The first-order valence-corrected chi connectivity index (χ1v) is 5.50. The summed E-state index contributed by atoms with van der Waals surface area (Å²) in [5.41, 5.74) is 0. The van der Waals surface area contributed by atoms with Crippen molar-refractivity contribution in [2.24, 2.45) is 0 Å². The number of nitrogens with one attached hydrogen (secondary N) is 2. The highest BCUT2D eigenvalue weighted by atomic mass is 32.2. The maximum Gasteiger partial charge on any atom is 0.211 e. The first-order valence-electron chi connectivity index (χ1n) is 3.85. The second kappa shape index (κ2) is 3.51. The van der Waals surface area contributed by atoms with E-state index in [0.29, 0.717) is 6.42 Å². The third kappa shape index (κ3) is 2.76. The summed E-state index contributed by atoms with van der Waals surface area (Å²) in [6.45, 7) is 3.39. The van der Waals surface area contributed by atoms with Crippen LogP contribution in [0.5, 0.6) is 0 Å². The first kappa shape index (κ1) is 8.96. The summed E-state index contributed by atoms with van der Waals surface area (Å²) in [5.74, 6) is 0.240. The van der Waals surface area contributed by atoms with Crippen LogP contribution in [-0.4, -0.2) is 33.3 Å². The molecular formula is C6H14N2O2S. The minimum absolute atomic E-state index is 0.131. The van der Waals surface area contributed by atoms with Gasteiger partial charge >= 0.3 is 0 Å². The van der Waals surface area contributed by atoms with E-state index in [-0.39, 0.29) is 11.8 Å². The van der Waals surface area contributed by atoms with E-state index < -0.39 is 10.0 Å². The lowest BCUT2D eigenvalue weighted by atomic mass is 10.2. The van der Waals surface area contributed by atoms with Crippen molar-refractivity contribution in [1.82, 2.24) is 10.0 Å². The summed E-state index contributed by atoms with van der Waals surface area (Å²) in [6.07, 6.45) is 0.676. The predicted molar refractivity (Wildman–Crippen MR) is 43.9 cm³/mol. The van der Waals surface area contributed by atoms with E-state index in [1.165, 1.54) is 0 Å². The Morgan fingerprint density at radius 3 is 2.55 bits per heavy atom. The van der Waals surface area contributed by atoms with Gasteiger partial charge in [-0.3, -0.25) is 0 Å². The molecule has 0 aromatic carbocycles. The molecule has 0 amide bonds. The van der Waals surface area contributed by atoms with Crippen LogP contribution in [0.3, 0.4) is 0 Å². The van der Waals surface area contributed by atoms with Gasteiger partial charge in [-0.1, -0.05) is 6.92 Å². The van der Waals surface area contributed by atoms with Gasteiger partial charge in [0.2, 0.25) is 10.0 Å². The number of hydrogen-bond acceptors (Lipinski definition) is 3. The van der Waals surface area contributed by atoms with Gasteiger partial charge in [-0.25, -0.2) is 13.1 Å². The van der Waals surface area contributed by atoms with Gasteiger partial charge in [0.05, 0.1) is 5.75 Å². The molecule has 0 unspecified atom stereocenters. The van der Waals surface area contributed by atoms with Crippen LogP contribution < -0.4 is 10.0 Å². The lowest BCUT2D eigenvalue weighted by molar-refractivity contribution is 0.410. The van der Waals surface area contributed by atoms with Crippen LogP contribution in [0.4, 0.5) is 0 Å². The zero-order valence-electron chi connectivity index (χ0n) is 6.63. The van der Waals surface area contributed by atoms with Crippen LogP contribution >= 0.6 is 0 Å². The van der Waals surface area contributed by atoms with Gasteiger partial charge < -0.3 is 5.32 Å². The van der Waals surface area contributed by atoms with Crippen molar-refractivity contribution >= 4 is 10.0 Å². The minimum Gasteiger partial charge on any atom is -0.313 e. The average Bonchev–Trinajstić information content (AvgIpc) is 1.79. The molecule has 0 atom stereocenters. The quantitative estimate of drug-likeness (QED) is 0.598. The standard InChI is InChI=1S/C6H14N2O2S/c1-2-3-11(9,10)8-6-4-7-5-6/h6-8H,2-5H2,1H3. The van der Waals surface area contributed by atoms with Gasteiger partial charge in [-0.15, -0.1) is 0 Å². The molecule has 1 rings (SSSR count). The molecule has 5 heteroatoms. The fraction of sp³-hybridized carbons (Fsp3) is 1.00. The molecule has 0 radical (unpaired) electrons. The average molecular weight is 178 g/mol. The molecule has 0 aromatic heterocycles. The Morgan fingerprint density at radius 1 is 1.55 bits per heavy atom. The smallest absolute Gasteiger partial charge is 0.211 e. The lowest BCUT2D eigenvalue weighted by Crippen LogP contribution is -2.57. The molecular weight excluding hydrogens is 164 g/mol. The summed E-state index contributed by atoms with van der Waals surface area (Å²) in [4.78, 5) is 0. The molecule has 0 aromatic rings. The molecule has 1 saturated heterocycles. The molecule has 1 heterocycles. The van der Waals surface area contributed by atoms with Crippen molar-refractivity contribution in [2.75, 3.05) is 18.8 Å². The molecule has 0 aliphatic carbocycles. The Morgan fingerprint density at radius 2 is 2.18 bits per heavy atom. The van der Waals surface area contributed by atoms with E-state index >= 15 is 0 Å². The fourth-order valence-corrected chi connectivity index (χ4v) is 2.28. The molecule has 0 bridgehead atoms. The first-order chi connectivity index (χ1) is 5.14. The molecule has 1 aliphatic rings. The molecule has 0 spiro atoms. The molecule has 0 saturated carbocycles. The van der Waals surface area contributed by atoms with Gasteiger partial charge in [0.25, 0.3) is 0 Å².